The Morgan fingerprint density at radius 2 is 0.750 bits per heavy atom. The zero-order chi connectivity index (χ0) is 24.7. The number of carbonyl (C=O) groups excluding carboxylic acids is 2. The van der Waals surface area contributed by atoms with Gasteiger partial charge in [-0.05, 0) is 49.4 Å². The molecule has 36 heavy (non-hydrogen) atoms. The summed E-state index contributed by atoms with van der Waals surface area (Å²) in [7, 11) is -1.55. The molecule has 1 heterocycles. The van der Waals surface area contributed by atoms with E-state index in [4.69, 9.17) is 0 Å². The molecule has 0 saturated heterocycles. The van der Waals surface area contributed by atoms with Crippen LogP contribution in [0.15, 0.2) is 133 Å². The van der Waals surface area contributed by atoms with E-state index in [2.05, 4.69) is 97.1 Å². The van der Waals surface area contributed by atoms with E-state index in [1.165, 1.54) is 38.3 Å². The number of nitrogens with zero attached hydrogens (tertiary/aromatic N) is 1. The molecule has 0 N–H and O–H groups in total. The molecular weight excluding hydrogens is 480 g/mol. The molecule has 0 radical (unpaired) electrons. The number of benzene rings is 4. The molecule has 4 aromatic carbocycles. The Hall–Kier alpha value is -3.38. The van der Waals surface area contributed by atoms with E-state index in [1.54, 1.807) is 0 Å². The van der Waals surface area contributed by atoms with Crippen LogP contribution in [0.5, 0.6) is 0 Å². The van der Waals surface area contributed by atoms with Crippen LogP contribution in [-0.2, 0) is 9.59 Å². The summed E-state index contributed by atoms with van der Waals surface area (Å²) in [5.74, 6) is -0.422. The smallest absolute Gasteiger partial charge is 0.253 e. The normalized spacial score (nSPS) is 13.4. The molecule has 0 bridgehead atoms. The molecule has 0 fully saturated rings. The number of rotatable bonds is 9. The maximum Gasteiger partial charge on any atom is 0.253 e. The van der Waals surface area contributed by atoms with Crippen LogP contribution in [0.1, 0.15) is 0 Å². The summed E-state index contributed by atoms with van der Waals surface area (Å²) in [5, 5.41) is 5.00. The highest BCUT2D eigenvalue weighted by atomic mass is 31.1. The topological polar surface area (TPSA) is 37.4 Å². The lowest BCUT2D eigenvalue weighted by Gasteiger charge is -2.33. The Balaban J connectivity index is 1.56. The number of hydrogen-bond donors (Lipinski definition) is 0. The molecule has 3 nitrogen and oxygen atoms in total. The lowest BCUT2D eigenvalue weighted by atomic mass is 10.3. The second-order valence-electron chi connectivity index (χ2n) is 8.60. The molecule has 0 unspecified atom stereocenters. The molecule has 1 aliphatic heterocycles. The van der Waals surface area contributed by atoms with Crippen LogP contribution in [0.25, 0.3) is 0 Å². The molecule has 0 aromatic heterocycles. The van der Waals surface area contributed by atoms with Gasteiger partial charge in [0.05, 0.1) is 0 Å². The van der Waals surface area contributed by atoms with Crippen molar-refractivity contribution in [1.82, 2.24) is 4.90 Å². The molecule has 4 aromatic rings. The van der Waals surface area contributed by atoms with E-state index in [1.807, 2.05) is 24.3 Å². The van der Waals surface area contributed by atoms with Crippen molar-refractivity contribution >= 4 is 48.9 Å². The maximum atomic E-state index is 13.0. The highest BCUT2D eigenvalue weighted by Crippen LogP contribution is 2.41. The Morgan fingerprint density at radius 3 is 1.03 bits per heavy atom. The van der Waals surface area contributed by atoms with Crippen LogP contribution >= 0.6 is 15.8 Å². The summed E-state index contributed by atoms with van der Waals surface area (Å²) in [6.07, 6.45) is 4.27. The second-order valence-corrected chi connectivity index (χ2v) is 13.1. The lowest BCUT2D eigenvalue weighted by molar-refractivity contribution is -0.138. The van der Waals surface area contributed by atoms with E-state index < -0.39 is 15.8 Å². The zero-order valence-electron chi connectivity index (χ0n) is 19.9. The lowest BCUT2D eigenvalue weighted by Crippen LogP contribution is -2.45. The number of hydrogen-bond acceptors (Lipinski definition) is 2. The Kier molecular flexibility index (Phi) is 7.82. The number of amides is 2. The van der Waals surface area contributed by atoms with Gasteiger partial charge in [-0.3, -0.25) is 14.5 Å². The summed E-state index contributed by atoms with van der Waals surface area (Å²) in [6.45, 7) is 0. The molecule has 178 valence electrons. The van der Waals surface area contributed by atoms with Gasteiger partial charge in [-0.15, -0.1) is 0 Å². The standard InChI is InChI=1S/C31H27NO2P2/c33-30-21-22-31(34)32(30)25(23-35(26-13-5-1-6-14-26)27-15-7-2-8-16-27)24-36(28-17-9-3-10-18-28)29-19-11-4-12-20-29/h1-22,25H,23-24H2. The molecule has 5 rings (SSSR count). The van der Waals surface area contributed by atoms with Crippen molar-refractivity contribution in [1.29, 1.82) is 0 Å². The van der Waals surface area contributed by atoms with Crippen molar-refractivity contribution in [3.05, 3.63) is 133 Å². The zero-order valence-corrected chi connectivity index (χ0v) is 21.6. The number of imide groups is 1. The first-order chi connectivity index (χ1) is 17.7. The van der Waals surface area contributed by atoms with Crippen LogP contribution in [-0.4, -0.2) is 35.1 Å². The van der Waals surface area contributed by atoms with Crippen LogP contribution in [0, 0.1) is 0 Å². The average molecular weight is 508 g/mol. The molecule has 1 aliphatic rings. The van der Waals surface area contributed by atoms with E-state index in [0.29, 0.717) is 0 Å². The summed E-state index contributed by atoms with van der Waals surface area (Å²) >= 11 is 0. The van der Waals surface area contributed by atoms with Gasteiger partial charge in [-0.2, -0.15) is 0 Å². The quantitative estimate of drug-likeness (QED) is 0.246. The minimum Gasteiger partial charge on any atom is -0.272 e. The van der Waals surface area contributed by atoms with E-state index in [9.17, 15) is 9.59 Å². The third-order valence-corrected chi connectivity index (χ3v) is 11.5. The summed E-state index contributed by atoms with van der Waals surface area (Å²) < 4.78 is 0. The van der Waals surface area contributed by atoms with Crippen LogP contribution < -0.4 is 21.2 Å². The monoisotopic (exact) mass is 507 g/mol. The maximum absolute atomic E-state index is 13.0. The third kappa shape index (κ3) is 5.54. The van der Waals surface area contributed by atoms with Crippen LogP contribution in [0.2, 0.25) is 0 Å². The molecule has 0 spiro atoms. The predicted molar refractivity (Wildman–Crippen MR) is 153 cm³/mol. The Bertz CT molecular complexity index is 1150. The average Bonchev–Trinajstić information content (AvgIpc) is 3.28. The van der Waals surface area contributed by atoms with Gasteiger partial charge in [-0.25, -0.2) is 0 Å². The van der Waals surface area contributed by atoms with E-state index in [-0.39, 0.29) is 17.9 Å². The van der Waals surface area contributed by atoms with E-state index >= 15 is 0 Å². The molecule has 0 aliphatic carbocycles. The van der Waals surface area contributed by atoms with Crippen molar-refractivity contribution in [3.63, 3.8) is 0 Å². The fraction of sp³-hybridized carbons (Fsp3) is 0.0968. The summed E-state index contributed by atoms with van der Waals surface area (Å²) in [6, 6.07) is 41.7. The highest BCUT2D eigenvalue weighted by molar-refractivity contribution is 7.74. The summed E-state index contributed by atoms with van der Waals surface area (Å²) in [5.41, 5.74) is 0. The molecule has 0 atom stereocenters. The van der Waals surface area contributed by atoms with Crippen molar-refractivity contribution in [2.75, 3.05) is 12.3 Å². The Labute approximate surface area is 215 Å². The van der Waals surface area contributed by atoms with Gasteiger partial charge in [0.15, 0.2) is 0 Å². The van der Waals surface area contributed by atoms with Gasteiger partial charge >= 0.3 is 0 Å². The molecule has 0 saturated carbocycles. The van der Waals surface area contributed by atoms with Crippen LogP contribution in [0.4, 0.5) is 0 Å². The number of carbonyl (C=O) groups is 2. The predicted octanol–water partition coefficient (Wildman–Crippen LogP) is 4.55. The summed E-state index contributed by atoms with van der Waals surface area (Å²) in [4.78, 5) is 27.4. The van der Waals surface area contributed by atoms with Crippen molar-refractivity contribution in [2.24, 2.45) is 0 Å². The first-order valence-electron chi connectivity index (χ1n) is 12.0. The van der Waals surface area contributed by atoms with Gasteiger partial charge in [0.1, 0.15) is 0 Å². The molecular formula is C31H27NO2P2. The van der Waals surface area contributed by atoms with Gasteiger partial charge in [0.25, 0.3) is 11.8 Å². The highest BCUT2D eigenvalue weighted by Gasteiger charge is 2.35. The first kappa shape index (κ1) is 24.3. The minimum atomic E-state index is -0.776. The van der Waals surface area contributed by atoms with Gasteiger partial charge in [0.2, 0.25) is 0 Å². The van der Waals surface area contributed by atoms with Crippen molar-refractivity contribution in [3.8, 4) is 0 Å². The fourth-order valence-electron chi connectivity index (χ4n) is 4.57. The largest absolute Gasteiger partial charge is 0.272 e. The van der Waals surface area contributed by atoms with Gasteiger partial charge < -0.3 is 0 Å². The van der Waals surface area contributed by atoms with Crippen molar-refractivity contribution in [2.45, 2.75) is 6.04 Å². The Morgan fingerprint density at radius 1 is 0.472 bits per heavy atom. The molecule has 5 heteroatoms. The second kappa shape index (κ2) is 11.6. The van der Waals surface area contributed by atoms with Crippen molar-refractivity contribution < 1.29 is 9.59 Å². The minimum absolute atomic E-state index is 0.211. The SMILES string of the molecule is O=C1C=CC(=O)N1C(CP(c1ccccc1)c1ccccc1)CP(c1ccccc1)c1ccccc1. The van der Waals surface area contributed by atoms with Crippen LogP contribution in [0.3, 0.4) is 0 Å². The molecule has 2 amide bonds. The third-order valence-electron chi connectivity index (χ3n) is 6.27. The first-order valence-corrected chi connectivity index (χ1v) is 15.1. The van der Waals surface area contributed by atoms with Gasteiger partial charge in [-0.1, -0.05) is 121 Å². The van der Waals surface area contributed by atoms with E-state index in [0.717, 1.165) is 12.3 Å². The fourth-order valence-corrected chi connectivity index (χ4v) is 9.76. The van der Waals surface area contributed by atoms with Gasteiger partial charge in [0, 0.05) is 18.2 Å².